The van der Waals surface area contributed by atoms with Crippen LogP contribution < -0.4 is 5.73 Å². The minimum atomic E-state index is 0.0490. The Morgan fingerprint density at radius 2 is 2.19 bits per heavy atom. The molecule has 0 saturated heterocycles. The molecule has 0 atom stereocenters. The second kappa shape index (κ2) is 5.70. The molecule has 1 aromatic carbocycles. The molecule has 2 N–H and O–H groups in total. The number of nitrogens with zero attached hydrogens (tertiary/aromatic N) is 1. The molecular weight excluding hydrogens is 304 g/mol. The van der Waals surface area contributed by atoms with Crippen molar-refractivity contribution in [2.24, 2.45) is 0 Å². The third kappa shape index (κ3) is 2.92. The number of nitrogens with two attached hydrogens (primary N) is 1. The SMILES string of the molecule is CN(Cc1cc(N)ccc1Cl)C(=O)c1cc2c(s1)CCC2. The van der Waals surface area contributed by atoms with E-state index < -0.39 is 0 Å². The highest BCUT2D eigenvalue weighted by molar-refractivity contribution is 7.14. The third-order valence-electron chi connectivity index (χ3n) is 3.78. The van der Waals surface area contributed by atoms with Gasteiger partial charge in [0.05, 0.1) is 4.88 Å². The van der Waals surface area contributed by atoms with E-state index in [2.05, 4.69) is 0 Å². The van der Waals surface area contributed by atoms with Crippen LogP contribution in [0.15, 0.2) is 24.3 Å². The zero-order valence-corrected chi connectivity index (χ0v) is 13.4. The average Bonchev–Trinajstić information content (AvgIpc) is 3.03. The monoisotopic (exact) mass is 320 g/mol. The molecule has 1 heterocycles. The van der Waals surface area contributed by atoms with Gasteiger partial charge in [-0.1, -0.05) is 11.6 Å². The van der Waals surface area contributed by atoms with Crippen LogP contribution in [-0.4, -0.2) is 17.9 Å². The van der Waals surface area contributed by atoms with Gasteiger partial charge in [-0.15, -0.1) is 11.3 Å². The number of benzene rings is 1. The molecule has 0 bridgehead atoms. The molecule has 110 valence electrons. The molecular formula is C16H17ClN2OS. The van der Waals surface area contributed by atoms with Crippen LogP contribution in [0.25, 0.3) is 0 Å². The van der Waals surface area contributed by atoms with Crippen LogP contribution in [0.5, 0.6) is 0 Å². The van der Waals surface area contributed by atoms with Gasteiger partial charge in [-0.3, -0.25) is 4.79 Å². The highest BCUT2D eigenvalue weighted by Crippen LogP contribution is 2.31. The van der Waals surface area contributed by atoms with Gasteiger partial charge in [0, 0.05) is 29.2 Å². The van der Waals surface area contributed by atoms with E-state index >= 15 is 0 Å². The largest absolute Gasteiger partial charge is 0.399 e. The first-order valence-corrected chi connectivity index (χ1v) is 8.15. The Morgan fingerprint density at radius 1 is 1.38 bits per heavy atom. The Bertz CT molecular complexity index is 674. The van der Waals surface area contributed by atoms with E-state index in [9.17, 15) is 4.79 Å². The lowest BCUT2D eigenvalue weighted by Crippen LogP contribution is -2.25. The number of amides is 1. The number of hydrogen-bond acceptors (Lipinski definition) is 3. The smallest absolute Gasteiger partial charge is 0.263 e. The molecule has 0 spiro atoms. The molecule has 0 saturated carbocycles. The van der Waals surface area contributed by atoms with Crippen LogP contribution in [0.3, 0.4) is 0 Å². The fourth-order valence-electron chi connectivity index (χ4n) is 2.67. The van der Waals surface area contributed by atoms with Crippen molar-refractivity contribution in [3.63, 3.8) is 0 Å². The number of fused-ring (bicyclic) bond motifs is 1. The summed E-state index contributed by atoms with van der Waals surface area (Å²) in [5.41, 5.74) is 8.65. The number of carbonyl (C=O) groups excluding carboxylic acids is 1. The number of anilines is 1. The lowest BCUT2D eigenvalue weighted by molar-refractivity contribution is 0.0790. The van der Waals surface area contributed by atoms with Gasteiger partial charge < -0.3 is 10.6 Å². The number of aryl methyl sites for hydroxylation is 2. The van der Waals surface area contributed by atoms with Crippen LogP contribution in [0, 0.1) is 0 Å². The van der Waals surface area contributed by atoms with Gasteiger partial charge in [0.1, 0.15) is 0 Å². The van der Waals surface area contributed by atoms with Gasteiger partial charge in [0.2, 0.25) is 0 Å². The maximum Gasteiger partial charge on any atom is 0.263 e. The molecule has 1 aliphatic carbocycles. The van der Waals surface area contributed by atoms with E-state index in [0.29, 0.717) is 17.3 Å². The molecule has 0 fully saturated rings. The second-order valence-electron chi connectivity index (χ2n) is 5.42. The number of carbonyl (C=O) groups is 1. The first kappa shape index (κ1) is 14.4. The lowest BCUT2D eigenvalue weighted by atomic mass is 10.2. The Balaban J connectivity index is 1.76. The van der Waals surface area contributed by atoms with Gasteiger partial charge in [0.15, 0.2) is 0 Å². The first-order valence-electron chi connectivity index (χ1n) is 6.95. The van der Waals surface area contributed by atoms with E-state index in [1.54, 1.807) is 35.4 Å². The maximum atomic E-state index is 12.5. The maximum absolute atomic E-state index is 12.5. The predicted molar refractivity (Wildman–Crippen MR) is 88.0 cm³/mol. The Labute approximate surface area is 133 Å². The summed E-state index contributed by atoms with van der Waals surface area (Å²) >= 11 is 7.79. The summed E-state index contributed by atoms with van der Waals surface area (Å²) in [5, 5.41) is 0.637. The molecule has 1 aromatic heterocycles. The van der Waals surface area contributed by atoms with Crippen molar-refractivity contribution >= 4 is 34.5 Å². The summed E-state index contributed by atoms with van der Waals surface area (Å²) in [6, 6.07) is 7.40. The molecule has 3 nitrogen and oxygen atoms in total. The number of hydrogen-bond donors (Lipinski definition) is 1. The van der Waals surface area contributed by atoms with Crippen molar-refractivity contribution in [1.29, 1.82) is 0 Å². The van der Waals surface area contributed by atoms with E-state index in [-0.39, 0.29) is 5.91 Å². The zero-order valence-electron chi connectivity index (χ0n) is 11.9. The second-order valence-corrected chi connectivity index (χ2v) is 6.97. The summed E-state index contributed by atoms with van der Waals surface area (Å²) in [6.07, 6.45) is 3.42. The van der Waals surface area contributed by atoms with Gasteiger partial charge >= 0.3 is 0 Å². The first-order chi connectivity index (χ1) is 10.0. The summed E-state index contributed by atoms with van der Waals surface area (Å²) in [5.74, 6) is 0.0490. The summed E-state index contributed by atoms with van der Waals surface area (Å²) in [6.45, 7) is 0.464. The fraction of sp³-hybridized carbons (Fsp3) is 0.312. The number of thiophene rings is 1. The fourth-order valence-corrected chi connectivity index (χ4v) is 4.09. The third-order valence-corrected chi connectivity index (χ3v) is 5.38. The van der Waals surface area contributed by atoms with E-state index in [1.807, 2.05) is 12.1 Å². The summed E-state index contributed by atoms with van der Waals surface area (Å²) in [4.78, 5) is 16.4. The van der Waals surface area contributed by atoms with Crippen LogP contribution in [-0.2, 0) is 19.4 Å². The van der Waals surface area contributed by atoms with Gasteiger partial charge in [-0.25, -0.2) is 0 Å². The lowest BCUT2D eigenvalue weighted by Gasteiger charge is -2.17. The minimum absolute atomic E-state index is 0.0490. The number of nitrogen functional groups attached to an aromatic ring is 1. The normalized spacial score (nSPS) is 13.2. The Hall–Kier alpha value is -1.52. The van der Waals surface area contributed by atoms with Crippen LogP contribution in [0.1, 0.15) is 32.1 Å². The van der Waals surface area contributed by atoms with Crippen LogP contribution >= 0.6 is 22.9 Å². The summed E-state index contributed by atoms with van der Waals surface area (Å²) < 4.78 is 0. The standard InChI is InChI=1S/C16H17ClN2OS/c1-19(9-11-7-12(18)5-6-13(11)17)16(20)15-8-10-3-2-4-14(10)21-15/h5-8H,2-4,9,18H2,1H3. The molecule has 1 amide bonds. The van der Waals surface area contributed by atoms with E-state index in [4.69, 9.17) is 17.3 Å². The highest BCUT2D eigenvalue weighted by atomic mass is 35.5. The Kier molecular flexibility index (Phi) is 3.91. The van der Waals surface area contributed by atoms with E-state index in [1.165, 1.54) is 16.9 Å². The molecule has 5 heteroatoms. The molecule has 0 aliphatic heterocycles. The van der Waals surface area contributed by atoms with Crippen molar-refractivity contribution < 1.29 is 4.79 Å². The molecule has 2 aromatic rings. The number of rotatable bonds is 3. The van der Waals surface area contributed by atoms with Crippen LogP contribution in [0.2, 0.25) is 5.02 Å². The summed E-state index contributed by atoms with van der Waals surface area (Å²) in [7, 11) is 1.80. The Morgan fingerprint density at radius 3 is 2.95 bits per heavy atom. The van der Waals surface area contributed by atoms with Crippen LogP contribution in [0.4, 0.5) is 5.69 Å². The minimum Gasteiger partial charge on any atom is -0.399 e. The zero-order chi connectivity index (χ0) is 15.0. The average molecular weight is 321 g/mol. The van der Waals surface area contributed by atoms with E-state index in [0.717, 1.165) is 23.3 Å². The molecule has 21 heavy (non-hydrogen) atoms. The van der Waals surface area contributed by atoms with Gasteiger partial charge in [-0.2, -0.15) is 0 Å². The molecule has 1 aliphatic rings. The van der Waals surface area contributed by atoms with Crippen molar-refractivity contribution in [3.05, 3.63) is 50.2 Å². The van der Waals surface area contributed by atoms with Crippen molar-refractivity contribution in [1.82, 2.24) is 4.90 Å². The van der Waals surface area contributed by atoms with Gasteiger partial charge in [0.25, 0.3) is 5.91 Å². The molecule has 0 radical (unpaired) electrons. The van der Waals surface area contributed by atoms with Crippen molar-refractivity contribution in [3.8, 4) is 0 Å². The van der Waals surface area contributed by atoms with Crippen molar-refractivity contribution in [2.75, 3.05) is 12.8 Å². The topological polar surface area (TPSA) is 46.3 Å². The highest BCUT2D eigenvalue weighted by Gasteiger charge is 2.21. The number of halogens is 1. The van der Waals surface area contributed by atoms with Gasteiger partial charge in [-0.05, 0) is 54.7 Å². The van der Waals surface area contributed by atoms with Crippen molar-refractivity contribution in [2.45, 2.75) is 25.8 Å². The molecule has 0 unspecified atom stereocenters. The molecule has 3 rings (SSSR count). The quantitative estimate of drug-likeness (QED) is 0.876. The predicted octanol–water partition coefficient (Wildman–Crippen LogP) is 3.74.